The fourth-order valence-electron chi connectivity index (χ4n) is 7.76. The third-order valence-electron chi connectivity index (χ3n) is 10.1. The zero-order valence-electron chi connectivity index (χ0n) is 24.6. The predicted molar refractivity (Wildman–Crippen MR) is 151 cm³/mol. The molecule has 0 spiro atoms. The van der Waals surface area contributed by atoms with E-state index in [0.29, 0.717) is 19.5 Å². The summed E-state index contributed by atoms with van der Waals surface area (Å²) in [5.74, 6) is -0.784. The van der Waals surface area contributed by atoms with Crippen molar-refractivity contribution in [1.82, 2.24) is 15.5 Å². The molecule has 3 aliphatic heterocycles. The van der Waals surface area contributed by atoms with Gasteiger partial charge in [0.1, 0.15) is 31.6 Å². The van der Waals surface area contributed by atoms with Crippen molar-refractivity contribution in [3.8, 4) is 0 Å². The average Bonchev–Trinajstić information content (AvgIpc) is 3.18. The van der Waals surface area contributed by atoms with Crippen molar-refractivity contribution in [3.05, 3.63) is 0 Å². The van der Waals surface area contributed by atoms with Crippen LogP contribution >= 0.6 is 0 Å². The van der Waals surface area contributed by atoms with Crippen LogP contribution in [-0.4, -0.2) is 102 Å². The SMILES string of the molecule is CCCC1=[N+](CCC)CCC(N2CCNC2)C1NC(=O)C(C1=[N+](CC)CC(F)CC2(C)CC2(C)C1)C(N)N. The Balaban J connectivity index is 1.69. The van der Waals surface area contributed by atoms with Gasteiger partial charge >= 0.3 is 0 Å². The largest absolute Gasteiger partial charge is 0.341 e. The Labute approximate surface area is 229 Å². The van der Waals surface area contributed by atoms with Crippen molar-refractivity contribution in [2.24, 2.45) is 28.2 Å². The van der Waals surface area contributed by atoms with Gasteiger partial charge in [-0.25, -0.2) is 13.5 Å². The number of alkyl halides is 1. The van der Waals surface area contributed by atoms with E-state index in [9.17, 15) is 4.79 Å². The fourth-order valence-corrected chi connectivity index (χ4v) is 7.76. The van der Waals surface area contributed by atoms with Crippen molar-refractivity contribution in [2.45, 2.75) is 104 Å². The zero-order valence-corrected chi connectivity index (χ0v) is 24.6. The quantitative estimate of drug-likeness (QED) is 0.252. The molecule has 4 aliphatic rings. The van der Waals surface area contributed by atoms with E-state index in [-0.39, 0.29) is 28.8 Å². The average molecular weight is 536 g/mol. The number of carbonyl (C=O) groups excluding carboxylic acids is 1. The fraction of sp³-hybridized carbons (Fsp3) is 0.897. The second-order valence-corrected chi connectivity index (χ2v) is 12.9. The minimum absolute atomic E-state index is 0.0278. The van der Waals surface area contributed by atoms with E-state index in [1.807, 2.05) is 6.92 Å². The first-order valence-electron chi connectivity index (χ1n) is 15.2. The maximum atomic E-state index is 15.2. The summed E-state index contributed by atoms with van der Waals surface area (Å²) in [4.78, 5) is 16.8. The van der Waals surface area contributed by atoms with Crippen molar-refractivity contribution in [1.29, 1.82) is 0 Å². The van der Waals surface area contributed by atoms with E-state index in [0.717, 1.165) is 77.1 Å². The van der Waals surface area contributed by atoms with E-state index in [2.05, 4.69) is 52.4 Å². The molecular weight excluding hydrogens is 481 g/mol. The lowest BCUT2D eigenvalue weighted by molar-refractivity contribution is -0.536. The summed E-state index contributed by atoms with van der Waals surface area (Å²) in [6, 6.07) is 0.158. The molecule has 8 nitrogen and oxygen atoms in total. The first-order valence-corrected chi connectivity index (χ1v) is 15.2. The van der Waals surface area contributed by atoms with Crippen LogP contribution in [0.2, 0.25) is 0 Å². The summed E-state index contributed by atoms with van der Waals surface area (Å²) < 4.78 is 19.8. The number of nitrogens with zero attached hydrogens (tertiary/aromatic N) is 3. The lowest BCUT2D eigenvalue weighted by Gasteiger charge is -2.38. The van der Waals surface area contributed by atoms with Crippen molar-refractivity contribution in [2.75, 3.05) is 45.9 Å². The number of amides is 1. The molecule has 6 atom stereocenters. The normalized spacial score (nSPS) is 35.2. The molecule has 1 aliphatic carbocycles. The van der Waals surface area contributed by atoms with Crippen LogP contribution in [-0.2, 0) is 4.79 Å². The molecule has 0 aromatic rings. The van der Waals surface area contributed by atoms with Crippen LogP contribution in [0.5, 0.6) is 0 Å². The summed E-state index contributed by atoms with van der Waals surface area (Å²) >= 11 is 0. The van der Waals surface area contributed by atoms with Crippen LogP contribution in [0.15, 0.2) is 0 Å². The Morgan fingerprint density at radius 1 is 1.21 bits per heavy atom. The molecule has 6 N–H and O–H groups in total. The highest BCUT2D eigenvalue weighted by Gasteiger charge is 2.64. The molecule has 0 radical (unpaired) electrons. The summed E-state index contributed by atoms with van der Waals surface area (Å²) in [6.07, 6.45) is 4.60. The maximum absolute atomic E-state index is 15.2. The number of nitrogens with two attached hydrogens (primary N) is 2. The van der Waals surface area contributed by atoms with Crippen molar-refractivity contribution in [3.63, 3.8) is 0 Å². The first kappa shape index (κ1) is 29.6. The highest BCUT2D eigenvalue weighted by molar-refractivity contribution is 6.04. The Morgan fingerprint density at radius 2 is 1.97 bits per heavy atom. The summed E-state index contributed by atoms with van der Waals surface area (Å²) in [5.41, 5.74) is 15.0. The van der Waals surface area contributed by atoms with E-state index in [4.69, 9.17) is 11.5 Å². The number of halogens is 1. The highest BCUT2D eigenvalue weighted by Crippen LogP contribution is 2.68. The van der Waals surface area contributed by atoms with Gasteiger partial charge in [-0.1, -0.05) is 27.7 Å². The molecule has 1 saturated heterocycles. The third kappa shape index (κ3) is 5.86. The van der Waals surface area contributed by atoms with Gasteiger partial charge in [0.15, 0.2) is 24.1 Å². The molecular formula is C29H54FN7O+2. The second kappa shape index (κ2) is 12.0. The van der Waals surface area contributed by atoms with E-state index in [1.165, 1.54) is 5.71 Å². The van der Waals surface area contributed by atoms with Gasteiger partial charge in [-0.2, -0.15) is 0 Å². The Kier molecular flexibility index (Phi) is 9.32. The summed E-state index contributed by atoms with van der Waals surface area (Å²) in [6.45, 7) is 16.7. The molecule has 6 unspecified atom stereocenters. The zero-order chi connectivity index (χ0) is 27.7. The topological polar surface area (TPSA) is 102 Å². The Bertz CT molecular complexity index is 930. The molecule has 2 fully saturated rings. The van der Waals surface area contributed by atoms with Crippen LogP contribution in [0.25, 0.3) is 0 Å². The third-order valence-corrected chi connectivity index (χ3v) is 10.1. The monoisotopic (exact) mass is 535 g/mol. The molecule has 9 heteroatoms. The Morgan fingerprint density at radius 3 is 2.58 bits per heavy atom. The van der Waals surface area contributed by atoms with E-state index >= 15 is 4.39 Å². The number of nitrogens with one attached hydrogen (secondary N) is 2. The molecule has 1 saturated carbocycles. The molecule has 216 valence electrons. The molecule has 1 amide bonds. The first-order chi connectivity index (χ1) is 18.1. The van der Waals surface area contributed by atoms with Gasteiger partial charge in [-0.3, -0.25) is 9.69 Å². The van der Waals surface area contributed by atoms with Crippen molar-refractivity contribution < 1.29 is 18.3 Å². The van der Waals surface area contributed by atoms with E-state index in [1.54, 1.807) is 0 Å². The van der Waals surface area contributed by atoms with Crippen LogP contribution in [0, 0.1) is 16.7 Å². The maximum Gasteiger partial charge on any atom is 0.237 e. The minimum Gasteiger partial charge on any atom is -0.341 e. The van der Waals surface area contributed by atoms with Gasteiger partial charge in [0.2, 0.25) is 5.91 Å². The smallest absolute Gasteiger partial charge is 0.237 e. The molecule has 3 heterocycles. The number of carbonyl (C=O) groups is 1. The van der Waals surface area contributed by atoms with Gasteiger partial charge in [0, 0.05) is 51.5 Å². The summed E-state index contributed by atoms with van der Waals surface area (Å²) in [5, 5.41) is 6.97. The lowest BCUT2D eigenvalue weighted by Crippen LogP contribution is -2.63. The highest BCUT2D eigenvalue weighted by atomic mass is 19.1. The van der Waals surface area contributed by atoms with Crippen LogP contribution in [0.3, 0.4) is 0 Å². The van der Waals surface area contributed by atoms with Crippen molar-refractivity contribution >= 4 is 17.3 Å². The van der Waals surface area contributed by atoms with Gasteiger partial charge < -0.3 is 22.1 Å². The summed E-state index contributed by atoms with van der Waals surface area (Å²) in [7, 11) is 0. The van der Waals surface area contributed by atoms with Gasteiger partial charge in [0.25, 0.3) is 0 Å². The molecule has 0 aromatic heterocycles. The Hall–Kier alpha value is -1.42. The number of hydrogen-bond acceptors (Lipinski definition) is 5. The molecule has 38 heavy (non-hydrogen) atoms. The number of hydrogen-bond donors (Lipinski definition) is 4. The van der Waals surface area contributed by atoms with Crippen LogP contribution in [0.1, 0.15) is 79.6 Å². The van der Waals surface area contributed by atoms with Gasteiger partial charge in [-0.05, 0) is 37.0 Å². The lowest BCUT2D eigenvalue weighted by atomic mass is 9.81. The van der Waals surface area contributed by atoms with Gasteiger partial charge in [-0.15, -0.1) is 0 Å². The standard InChI is InChI=1S/C29H53FN7O/c1-6-9-21-25(22(37-14-11-33-19-37)10-13-36(21)12-7-2)34-27(38)24(26(31)32)23-16-29(5)18-28(29,4)15-20(30)17-35(23)8-3/h20,22,24-26,33H,6-19,31-32H2,1-5H3/q+1/p+1. The number of fused-ring (bicyclic) bond motifs is 1. The van der Waals surface area contributed by atoms with Gasteiger partial charge in [0.05, 0.1) is 6.17 Å². The second-order valence-electron chi connectivity index (χ2n) is 12.9. The van der Waals surface area contributed by atoms with Crippen LogP contribution < -0.4 is 22.1 Å². The molecule has 4 rings (SSSR count). The van der Waals surface area contributed by atoms with Crippen LogP contribution in [0.4, 0.5) is 4.39 Å². The predicted octanol–water partition coefficient (Wildman–Crippen LogP) is 1.65. The number of rotatable bonds is 10. The molecule has 0 bridgehead atoms. The van der Waals surface area contributed by atoms with E-state index < -0.39 is 18.3 Å². The minimum atomic E-state index is -0.924. The molecule has 0 aromatic carbocycles.